The average molecular weight is 488 g/mol. The molecule has 0 radical (unpaired) electrons. The van der Waals surface area contributed by atoms with Crippen molar-refractivity contribution in [3.05, 3.63) is 35.2 Å². The topological polar surface area (TPSA) is 51.0 Å². The largest absolute Gasteiger partial charge is 0.416 e. The molecule has 8 heteroatoms. The normalized spacial score (nSPS) is 16.5. The van der Waals surface area contributed by atoms with Crippen LogP contribution in [-0.2, 0) is 12.6 Å². The minimum atomic E-state index is -4.40. The Labute approximate surface area is 201 Å². The first-order chi connectivity index (χ1) is 15.5. The lowest BCUT2D eigenvalue weighted by atomic mass is 9.97. The van der Waals surface area contributed by atoms with E-state index in [0.29, 0.717) is 23.4 Å². The molecular weight excluding hydrogens is 451 g/mol. The number of benzene rings is 1. The van der Waals surface area contributed by atoms with Gasteiger partial charge in [-0.25, -0.2) is 0 Å². The van der Waals surface area contributed by atoms with Crippen LogP contribution >= 0.6 is 12.4 Å². The number of hydrogen-bond acceptors (Lipinski definition) is 4. The Morgan fingerprint density at radius 1 is 1.03 bits per heavy atom. The maximum absolute atomic E-state index is 13.7. The fourth-order valence-electron chi connectivity index (χ4n) is 4.40. The molecular formula is C25H37ClF3N3O. The number of unbranched alkanes of at least 4 members (excludes halogenated alkanes) is 8. The van der Waals surface area contributed by atoms with E-state index in [1.165, 1.54) is 44.6 Å². The van der Waals surface area contributed by atoms with Crippen molar-refractivity contribution in [1.29, 1.82) is 0 Å². The summed E-state index contributed by atoms with van der Waals surface area (Å²) in [5.74, 6) is 0.850. The third-order valence-electron chi connectivity index (χ3n) is 6.31. The SMILES string of the molecule is CCCCCCCCCCCc1ccc(-c2noc(C3CCCNC3)n2)cc1C(F)(F)F.Cl. The summed E-state index contributed by atoms with van der Waals surface area (Å²) in [7, 11) is 0. The number of rotatable bonds is 12. The second-order valence-electron chi connectivity index (χ2n) is 8.95. The van der Waals surface area contributed by atoms with E-state index in [1.54, 1.807) is 12.1 Å². The molecule has 0 spiro atoms. The Hall–Kier alpha value is -1.60. The highest BCUT2D eigenvalue weighted by atomic mass is 35.5. The summed E-state index contributed by atoms with van der Waals surface area (Å²) in [6.45, 7) is 3.93. The molecule has 1 aromatic heterocycles. The van der Waals surface area contributed by atoms with Gasteiger partial charge in [-0.15, -0.1) is 12.4 Å². The smallest absolute Gasteiger partial charge is 0.339 e. The molecule has 0 bridgehead atoms. The second-order valence-corrected chi connectivity index (χ2v) is 8.95. The zero-order valence-corrected chi connectivity index (χ0v) is 20.4. The van der Waals surface area contributed by atoms with E-state index in [-0.39, 0.29) is 24.1 Å². The summed E-state index contributed by atoms with van der Waals surface area (Å²) in [5.41, 5.74) is 0.122. The Morgan fingerprint density at radius 3 is 2.36 bits per heavy atom. The third-order valence-corrected chi connectivity index (χ3v) is 6.31. The van der Waals surface area contributed by atoms with E-state index in [9.17, 15) is 13.2 Å². The van der Waals surface area contributed by atoms with Gasteiger partial charge in [0.1, 0.15) is 0 Å². The summed E-state index contributed by atoms with van der Waals surface area (Å²) in [4.78, 5) is 4.39. The van der Waals surface area contributed by atoms with E-state index in [0.717, 1.165) is 45.2 Å². The van der Waals surface area contributed by atoms with Gasteiger partial charge in [0.05, 0.1) is 11.5 Å². The second kappa shape index (κ2) is 14.0. The molecule has 33 heavy (non-hydrogen) atoms. The quantitative estimate of drug-likeness (QED) is 0.311. The lowest BCUT2D eigenvalue weighted by molar-refractivity contribution is -0.138. The van der Waals surface area contributed by atoms with Crippen LogP contribution in [0.5, 0.6) is 0 Å². The van der Waals surface area contributed by atoms with Crippen LogP contribution in [0.3, 0.4) is 0 Å². The first-order valence-corrected chi connectivity index (χ1v) is 12.2. The van der Waals surface area contributed by atoms with Gasteiger partial charge in [-0.1, -0.05) is 75.6 Å². The number of alkyl halides is 3. The van der Waals surface area contributed by atoms with Crippen molar-refractivity contribution in [2.75, 3.05) is 13.1 Å². The van der Waals surface area contributed by atoms with Crippen molar-refractivity contribution in [3.8, 4) is 11.4 Å². The summed E-state index contributed by atoms with van der Waals surface area (Å²) >= 11 is 0. The molecule has 1 saturated heterocycles. The summed E-state index contributed by atoms with van der Waals surface area (Å²) in [6, 6.07) is 4.45. The van der Waals surface area contributed by atoms with Gasteiger partial charge in [0, 0.05) is 12.1 Å². The Bertz CT molecular complexity index is 819. The standard InChI is InChI=1S/C25H36F3N3O.ClH/c1-2-3-4-5-6-7-8-9-10-12-19-14-15-20(17-22(19)25(26,27)28)23-30-24(32-31-23)21-13-11-16-29-18-21;/h14-15,17,21,29H,2-13,16,18H2,1H3;1H. The molecule has 1 aromatic carbocycles. The highest BCUT2D eigenvalue weighted by Crippen LogP contribution is 2.35. The van der Waals surface area contributed by atoms with Crippen LogP contribution in [0.15, 0.2) is 22.7 Å². The molecule has 1 atom stereocenters. The van der Waals surface area contributed by atoms with Gasteiger partial charge in [0.25, 0.3) is 0 Å². The fraction of sp³-hybridized carbons (Fsp3) is 0.680. The van der Waals surface area contributed by atoms with E-state index in [1.807, 2.05) is 0 Å². The van der Waals surface area contributed by atoms with E-state index >= 15 is 0 Å². The number of aryl methyl sites for hydroxylation is 1. The van der Waals surface area contributed by atoms with Crippen LogP contribution < -0.4 is 5.32 Å². The maximum Gasteiger partial charge on any atom is 0.416 e. The molecule has 0 aliphatic carbocycles. The summed E-state index contributed by atoms with van der Waals surface area (Å²) in [6.07, 6.45) is 8.33. The van der Waals surface area contributed by atoms with Crippen molar-refractivity contribution in [3.63, 3.8) is 0 Å². The Kier molecular flexibility index (Phi) is 11.7. The van der Waals surface area contributed by atoms with Crippen molar-refractivity contribution >= 4 is 12.4 Å². The lowest BCUT2D eigenvalue weighted by Gasteiger charge is -2.18. The summed E-state index contributed by atoms with van der Waals surface area (Å²) < 4.78 is 46.6. The zero-order chi connectivity index (χ0) is 22.8. The predicted octanol–water partition coefficient (Wildman–Crippen LogP) is 7.72. The Balaban J connectivity index is 0.00000385. The number of halogens is 4. The molecule has 1 N–H and O–H groups in total. The van der Waals surface area contributed by atoms with Crippen molar-refractivity contribution in [2.45, 2.75) is 96.1 Å². The highest BCUT2D eigenvalue weighted by Gasteiger charge is 2.34. The van der Waals surface area contributed by atoms with Gasteiger partial charge in [-0.05, 0) is 43.9 Å². The lowest BCUT2D eigenvalue weighted by Crippen LogP contribution is -2.28. The summed E-state index contributed by atoms with van der Waals surface area (Å²) in [5, 5.41) is 7.24. The van der Waals surface area contributed by atoms with Crippen LogP contribution in [0.2, 0.25) is 0 Å². The molecule has 2 aromatic rings. The molecule has 2 heterocycles. The van der Waals surface area contributed by atoms with Gasteiger partial charge in [0.2, 0.25) is 11.7 Å². The number of nitrogens with one attached hydrogen (secondary N) is 1. The molecule has 1 aliphatic heterocycles. The number of aromatic nitrogens is 2. The van der Waals surface area contributed by atoms with Crippen LogP contribution in [0.25, 0.3) is 11.4 Å². The molecule has 1 aliphatic rings. The molecule has 0 amide bonds. The van der Waals surface area contributed by atoms with Crippen molar-refractivity contribution in [1.82, 2.24) is 15.5 Å². The first-order valence-electron chi connectivity index (χ1n) is 12.2. The van der Waals surface area contributed by atoms with Gasteiger partial charge in [0.15, 0.2) is 0 Å². The van der Waals surface area contributed by atoms with Crippen molar-refractivity contribution < 1.29 is 17.7 Å². The predicted molar refractivity (Wildman–Crippen MR) is 128 cm³/mol. The average Bonchev–Trinajstić information content (AvgIpc) is 3.28. The van der Waals surface area contributed by atoms with Crippen LogP contribution in [0.1, 0.15) is 100 Å². The van der Waals surface area contributed by atoms with E-state index in [2.05, 4.69) is 22.4 Å². The maximum atomic E-state index is 13.7. The fourth-order valence-corrected chi connectivity index (χ4v) is 4.40. The first kappa shape index (κ1) is 27.6. The van der Waals surface area contributed by atoms with E-state index < -0.39 is 11.7 Å². The molecule has 1 unspecified atom stereocenters. The van der Waals surface area contributed by atoms with Crippen LogP contribution in [0.4, 0.5) is 13.2 Å². The van der Waals surface area contributed by atoms with Crippen LogP contribution in [0, 0.1) is 0 Å². The number of nitrogens with zero attached hydrogens (tertiary/aromatic N) is 2. The van der Waals surface area contributed by atoms with Gasteiger partial charge < -0.3 is 9.84 Å². The van der Waals surface area contributed by atoms with Gasteiger partial charge in [-0.3, -0.25) is 0 Å². The number of hydrogen-bond donors (Lipinski definition) is 1. The number of piperidine rings is 1. The molecule has 0 saturated carbocycles. The minimum Gasteiger partial charge on any atom is -0.339 e. The third kappa shape index (κ3) is 8.60. The molecule has 3 rings (SSSR count). The molecule has 186 valence electrons. The van der Waals surface area contributed by atoms with Crippen molar-refractivity contribution in [2.24, 2.45) is 0 Å². The minimum absolute atomic E-state index is 0. The highest BCUT2D eigenvalue weighted by molar-refractivity contribution is 5.85. The van der Waals surface area contributed by atoms with Gasteiger partial charge in [-0.2, -0.15) is 18.2 Å². The molecule has 4 nitrogen and oxygen atoms in total. The van der Waals surface area contributed by atoms with Crippen LogP contribution in [-0.4, -0.2) is 23.2 Å². The van der Waals surface area contributed by atoms with E-state index in [4.69, 9.17) is 4.52 Å². The Morgan fingerprint density at radius 2 is 1.73 bits per heavy atom. The monoisotopic (exact) mass is 487 g/mol. The zero-order valence-electron chi connectivity index (χ0n) is 19.6. The molecule has 1 fully saturated rings. The van der Waals surface area contributed by atoms with Gasteiger partial charge >= 0.3 is 6.18 Å².